The maximum absolute atomic E-state index is 11.3. The second-order valence-corrected chi connectivity index (χ2v) is 2.97. The summed E-state index contributed by atoms with van der Waals surface area (Å²) >= 11 is 0. The van der Waals surface area contributed by atoms with Gasteiger partial charge in [-0.3, -0.25) is 0 Å². The zero-order chi connectivity index (χ0) is 11.1. The Morgan fingerprint density at radius 2 is 2.13 bits per heavy atom. The number of hydrogen-bond acceptors (Lipinski definition) is 3. The molecule has 1 aromatic carbocycles. The van der Waals surface area contributed by atoms with Crippen LogP contribution in [0.3, 0.4) is 0 Å². The average Bonchev–Trinajstić information content (AvgIpc) is 2.27. The zero-order valence-electron chi connectivity index (χ0n) is 8.43. The van der Waals surface area contributed by atoms with Crippen LogP contribution in [0.5, 0.6) is 0 Å². The molecule has 0 heterocycles. The van der Waals surface area contributed by atoms with Gasteiger partial charge in [-0.15, -0.1) is 0 Å². The first kappa shape index (κ1) is 11.0. The maximum Gasteiger partial charge on any atom is 0.334 e. The van der Waals surface area contributed by atoms with Crippen molar-refractivity contribution in [2.75, 3.05) is 6.61 Å². The number of carbonyl (C=O) groups is 1. The van der Waals surface area contributed by atoms with Crippen LogP contribution in [0.4, 0.5) is 0 Å². The fourth-order valence-corrected chi connectivity index (χ4v) is 1.07. The lowest BCUT2D eigenvalue weighted by Gasteiger charge is -2.00. The Bertz CT molecular complexity index is 401. The number of carbonyl (C=O) groups excluding carboxylic acids is 1. The Morgan fingerprint density at radius 1 is 1.47 bits per heavy atom. The summed E-state index contributed by atoms with van der Waals surface area (Å²) in [5.41, 5.74) is 1.42. The van der Waals surface area contributed by atoms with E-state index in [0.717, 1.165) is 5.56 Å². The van der Waals surface area contributed by atoms with Gasteiger partial charge in [0, 0.05) is 5.57 Å². The number of nitrogens with zero attached hydrogens (tertiary/aromatic N) is 1. The largest absolute Gasteiger partial charge is 0.447 e. The molecule has 3 heteroatoms. The number of ether oxygens (including phenoxy) is 1. The van der Waals surface area contributed by atoms with Crippen molar-refractivity contribution in [2.24, 2.45) is 0 Å². The second-order valence-electron chi connectivity index (χ2n) is 2.97. The molecule has 0 spiro atoms. The first-order valence-corrected chi connectivity index (χ1v) is 4.51. The predicted molar refractivity (Wildman–Crippen MR) is 56.7 cm³/mol. The third-order valence-corrected chi connectivity index (χ3v) is 1.77. The van der Waals surface area contributed by atoms with E-state index in [1.54, 1.807) is 19.1 Å². The van der Waals surface area contributed by atoms with Crippen LogP contribution in [0.25, 0.3) is 6.08 Å². The van der Waals surface area contributed by atoms with Crippen LogP contribution in [0.2, 0.25) is 0 Å². The van der Waals surface area contributed by atoms with Crippen LogP contribution in [-0.4, -0.2) is 12.6 Å². The van der Waals surface area contributed by atoms with E-state index in [4.69, 9.17) is 5.26 Å². The van der Waals surface area contributed by atoms with Gasteiger partial charge in [-0.05, 0) is 18.6 Å². The van der Waals surface area contributed by atoms with E-state index in [2.05, 4.69) is 4.74 Å². The standard InChI is InChI=1S/C12H11NO2/c1-10(12(14)15-8-7-13)9-11-5-3-2-4-6-11/h2-6,9H,8H2,1H3. The van der Waals surface area contributed by atoms with Crippen molar-refractivity contribution in [3.63, 3.8) is 0 Å². The highest BCUT2D eigenvalue weighted by Gasteiger charge is 2.04. The van der Waals surface area contributed by atoms with Gasteiger partial charge in [0.05, 0.1) is 0 Å². The molecule has 15 heavy (non-hydrogen) atoms. The number of esters is 1. The first-order chi connectivity index (χ1) is 7.24. The van der Waals surface area contributed by atoms with Crippen molar-refractivity contribution in [1.29, 1.82) is 5.26 Å². The smallest absolute Gasteiger partial charge is 0.334 e. The van der Waals surface area contributed by atoms with Crippen molar-refractivity contribution < 1.29 is 9.53 Å². The van der Waals surface area contributed by atoms with Crippen molar-refractivity contribution in [3.8, 4) is 6.07 Å². The summed E-state index contributed by atoms with van der Waals surface area (Å²) in [6, 6.07) is 11.2. The highest BCUT2D eigenvalue weighted by Crippen LogP contribution is 2.07. The molecule has 76 valence electrons. The van der Waals surface area contributed by atoms with Gasteiger partial charge in [-0.2, -0.15) is 5.26 Å². The highest BCUT2D eigenvalue weighted by molar-refractivity contribution is 5.93. The Hall–Kier alpha value is -2.08. The molecule has 0 saturated heterocycles. The number of rotatable bonds is 3. The molecule has 0 aliphatic rings. The van der Waals surface area contributed by atoms with Gasteiger partial charge >= 0.3 is 5.97 Å². The van der Waals surface area contributed by atoms with Crippen molar-refractivity contribution in [1.82, 2.24) is 0 Å². The SMILES string of the molecule is CC(=Cc1ccccc1)C(=O)OCC#N. The lowest BCUT2D eigenvalue weighted by Crippen LogP contribution is -2.05. The lowest BCUT2D eigenvalue weighted by atomic mass is 10.1. The molecule has 0 radical (unpaired) electrons. The molecule has 0 N–H and O–H groups in total. The monoisotopic (exact) mass is 201 g/mol. The van der Waals surface area contributed by atoms with Gasteiger partial charge in [0.15, 0.2) is 6.61 Å². The predicted octanol–water partition coefficient (Wildman–Crippen LogP) is 2.16. The van der Waals surface area contributed by atoms with Crippen LogP contribution in [0, 0.1) is 11.3 Å². The molecule has 0 saturated carbocycles. The summed E-state index contributed by atoms with van der Waals surface area (Å²) in [6.07, 6.45) is 1.72. The van der Waals surface area contributed by atoms with E-state index in [9.17, 15) is 4.79 Å². The fourth-order valence-electron chi connectivity index (χ4n) is 1.07. The molecule has 1 aromatic rings. The molecule has 0 aliphatic heterocycles. The summed E-state index contributed by atoms with van der Waals surface area (Å²) in [6.45, 7) is 1.45. The Kier molecular flexibility index (Phi) is 4.11. The fraction of sp³-hybridized carbons (Fsp3) is 0.167. The van der Waals surface area contributed by atoms with Crippen LogP contribution >= 0.6 is 0 Å². The van der Waals surface area contributed by atoms with Crippen molar-refractivity contribution >= 4 is 12.0 Å². The van der Waals surface area contributed by atoms with Crippen LogP contribution in [0.15, 0.2) is 35.9 Å². The van der Waals surface area contributed by atoms with Gasteiger partial charge < -0.3 is 4.74 Å². The number of benzene rings is 1. The number of nitriles is 1. The van der Waals surface area contributed by atoms with Crippen molar-refractivity contribution in [2.45, 2.75) is 6.92 Å². The zero-order valence-corrected chi connectivity index (χ0v) is 8.43. The van der Waals surface area contributed by atoms with E-state index in [1.807, 2.05) is 30.3 Å². The van der Waals surface area contributed by atoms with E-state index in [1.165, 1.54) is 0 Å². The molecule has 1 rings (SSSR count). The maximum atomic E-state index is 11.3. The molecule has 0 bridgehead atoms. The molecular formula is C12H11NO2. The minimum atomic E-state index is -0.458. The molecular weight excluding hydrogens is 190 g/mol. The number of hydrogen-bond donors (Lipinski definition) is 0. The summed E-state index contributed by atoms with van der Waals surface area (Å²) in [5.74, 6) is -0.458. The van der Waals surface area contributed by atoms with Gasteiger partial charge in [-0.1, -0.05) is 30.3 Å². The second kappa shape index (κ2) is 5.61. The van der Waals surface area contributed by atoms with Crippen molar-refractivity contribution in [3.05, 3.63) is 41.5 Å². The van der Waals surface area contributed by atoms with E-state index in [0.29, 0.717) is 5.57 Å². The molecule has 0 atom stereocenters. The first-order valence-electron chi connectivity index (χ1n) is 4.51. The molecule has 0 unspecified atom stereocenters. The van der Waals surface area contributed by atoms with Crippen LogP contribution in [-0.2, 0) is 9.53 Å². The van der Waals surface area contributed by atoms with Gasteiger partial charge in [0.1, 0.15) is 6.07 Å². The Labute approximate surface area is 88.6 Å². The minimum Gasteiger partial charge on any atom is -0.447 e. The van der Waals surface area contributed by atoms with E-state index >= 15 is 0 Å². The summed E-state index contributed by atoms with van der Waals surface area (Å²) in [4.78, 5) is 11.3. The molecule has 3 nitrogen and oxygen atoms in total. The lowest BCUT2D eigenvalue weighted by molar-refractivity contribution is -0.137. The molecule has 0 amide bonds. The molecule has 0 aromatic heterocycles. The topological polar surface area (TPSA) is 50.1 Å². The van der Waals surface area contributed by atoms with Crippen LogP contribution < -0.4 is 0 Å². The third kappa shape index (κ3) is 3.65. The summed E-state index contributed by atoms with van der Waals surface area (Å²) in [7, 11) is 0. The summed E-state index contributed by atoms with van der Waals surface area (Å²) in [5, 5.41) is 8.24. The average molecular weight is 201 g/mol. The van der Waals surface area contributed by atoms with Gasteiger partial charge in [0.25, 0.3) is 0 Å². The third-order valence-electron chi connectivity index (χ3n) is 1.77. The summed E-state index contributed by atoms with van der Waals surface area (Å²) < 4.78 is 4.66. The highest BCUT2D eigenvalue weighted by atomic mass is 16.5. The molecule has 0 aliphatic carbocycles. The van der Waals surface area contributed by atoms with Crippen LogP contribution in [0.1, 0.15) is 12.5 Å². The van der Waals surface area contributed by atoms with E-state index < -0.39 is 5.97 Å². The van der Waals surface area contributed by atoms with Gasteiger partial charge in [0.2, 0.25) is 0 Å². The molecule has 0 fully saturated rings. The Balaban J connectivity index is 2.68. The quantitative estimate of drug-likeness (QED) is 0.556. The normalized spacial score (nSPS) is 10.5. The minimum absolute atomic E-state index is 0.210. The van der Waals surface area contributed by atoms with Gasteiger partial charge in [-0.25, -0.2) is 4.79 Å². The Morgan fingerprint density at radius 3 is 2.73 bits per heavy atom. The van der Waals surface area contributed by atoms with E-state index in [-0.39, 0.29) is 6.61 Å².